The highest BCUT2D eigenvalue weighted by Gasteiger charge is 2.40. The van der Waals surface area contributed by atoms with Gasteiger partial charge in [-0.2, -0.15) is 0 Å². The Morgan fingerprint density at radius 1 is 1.56 bits per heavy atom. The zero-order valence-electron chi connectivity index (χ0n) is 8.89. The fraction of sp³-hybridized carbons (Fsp3) is 0.636. The van der Waals surface area contributed by atoms with Gasteiger partial charge in [-0.1, -0.05) is 11.3 Å². The zero-order chi connectivity index (χ0) is 11.1. The van der Waals surface area contributed by atoms with Crippen LogP contribution in [-0.4, -0.2) is 17.5 Å². The Labute approximate surface area is 97.8 Å². The number of rotatable bonds is 5. The van der Waals surface area contributed by atoms with E-state index in [4.69, 9.17) is 0 Å². The van der Waals surface area contributed by atoms with Crippen molar-refractivity contribution in [3.05, 3.63) is 27.1 Å². The Morgan fingerprint density at radius 2 is 2.38 bits per heavy atom. The van der Waals surface area contributed by atoms with Gasteiger partial charge in [0.1, 0.15) is 0 Å². The molecule has 16 heavy (non-hydrogen) atoms. The fourth-order valence-corrected chi connectivity index (χ4v) is 2.91. The average molecular weight is 238 g/mol. The molecule has 1 heterocycles. The number of nitrogens with zero attached hydrogens (tertiary/aromatic N) is 1. The lowest BCUT2D eigenvalue weighted by Gasteiger charge is -1.99. The largest absolute Gasteiger partial charge is 0.324 e. The predicted octanol–water partition coefficient (Wildman–Crippen LogP) is 2.51. The Bertz CT molecular complexity index is 414. The summed E-state index contributed by atoms with van der Waals surface area (Å²) in [4.78, 5) is 10.3. The van der Waals surface area contributed by atoms with E-state index in [1.807, 2.05) is 5.38 Å². The molecule has 4 nitrogen and oxygen atoms in total. The van der Waals surface area contributed by atoms with Crippen molar-refractivity contribution >= 4 is 16.3 Å². The molecule has 1 aromatic heterocycles. The van der Waals surface area contributed by atoms with Crippen LogP contribution in [0.4, 0.5) is 5.00 Å². The van der Waals surface area contributed by atoms with Crippen LogP contribution >= 0.6 is 11.3 Å². The summed E-state index contributed by atoms with van der Waals surface area (Å²) < 4.78 is 0. The van der Waals surface area contributed by atoms with Crippen LogP contribution in [0.2, 0.25) is 0 Å². The lowest BCUT2D eigenvalue weighted by Crippen LogP contribution is -2.19. The summed E-state index contributed by atoms with van der Waals surface area (Å²) >= 11 is 1.25. The molecule has 2 unspecified atom stereocenters. The van der Waals surface area contributed by atoms with Gasteiger partial charge in [-0.25, -0.2) is 0 Å². The van der Waals surface area contributed by atoms with E-state index in [1.54, 1.807) is 6.07 Å². The van der Waals surface area contributed by atoms with Gasteiger partial charge in [0.25, 0.3) is 0 Å². The van der Waals surface area contributed by atoms with Crippen LogP contribution in [0.25, 0.3) is 0 Å². The molecule has 0 aromatic carbocycles. The van der Waals surface area contributed by atoms with Crippen LogP contribution in [0.1, 0.15) is 30.7 Å². The molecule has 0 amide bonds. The summed E-state index contributed by atoms with van der Waals surface area (Å²) in [5.41, 5.74) is 1.17. The minimum Gasteiger partial charge on any atom is -0.314 e. The van der Waals surface area contributed by atoms with Crippen LogP contribution < -0.4 is 5.32 Å². The molecule has 1 N–H and O–H groups in total. The predicted molar refractivity (Wildman–Crippen MR) is 62.8 cm³/mol. The molecule has 0 aliphatic heterocycles. The quantitative estimate of drug-likeness (QED) is 0.633. The first-order chi connectivity index (χ1) is 7.74. The van der Waals surface area contributed by atoms with Crippen molar-refractivity contribution in [2.75, 3.05) is 6.54 Å². The first-order valence-corrected chi connectivity index (χ1v) is 6.58. The Hall–Kier alpha value is -0.940. The Balaban J connectivity index is 1.55. The molecule has 2 aliphatic rings. The Kier molecular flexibility index (Phi) is 2.44. The summed E-state index contributed by atoms with van der Waals surface area (Å²) in [5.74, 6) is 1.27. The summed E-state index contributed by atoms with van der Waals surface area (Å²) in [6, 6.07) is 2.50. The molecule has 2 fully saturated rings. The SMILES string of the molecule is O=[N+]([O-])c1cc(C2CC2CNC2CC2)cs1. The lowest BCUT2D eigenvalue weighted by molar-refractivity contribution is -0.380. The normalized spacial score (nSPS) is 28.0. The molecule has 0 bridgehead atoms. The second-order valence-electron chi connectivity index (χ2n) is 4.76. The van der Waals surface area contributed by atoms with Gasteiger partial charge in [0.15, 0.2) is 0 Å². The number of thiophene rings is 1. The maximum atomic E-state index is 10.6. The summed E-state index contributed by atoms with van der Waals surface area (Å²) in [7, 11) is 0. The second kappa shape index (κ2) is 3.82. The van der Waals surface area contributed by atoms with Crippen molar-refractivity contribution in [3.63, 3.8) is 0 Å². The molecule has 1 aromatic rings. The van der Waals surface area contributed by atoms with Crippen molar-refractivity contribution in [3.8, 4) is 0 Å². The minimum atomic E-state index is -0.298. The van der Waals surface area contributed by atoms with Crippen LogP contribution in [0.5, 0.6) is 0 Å². The van der Waals surface area contributed by atoms with E-state index in [9.17, 15) is 10.1 Å². The van der Waals surface area contributed by atoms with E-state index < -0.39 is 0 Å². The summed E-state index contributed by atoms with van der Waals surface area (Å²) in [6.07, 6.45) is 3.83. The molecule has 2 atom stereocenters. The smallest absolute Gasteiger partial charge is 0.314 e. The van der Waals surface area contributed by atoms with E-state index in [-0.39, 0.29) is 9.92 Å². The maximum Gasteiger partial charge on any atom is 0.324 e. The highest BCUT2D eigenvalue weighted by molar-refractivity contribution is 7.13. The van der Waals surface area contributed by atoms with Gasteiger partial charge in [-0.05, 0) is 43.2 Å². The monoisotopic (exact) mass is 238 g/mol. The molecule has 5 heteroatoms. The van der Waals surface area contributed by atoms with E-state index in [1.165, 1.54) is 36.2 Å². The van der Waals surface area contributed by atoms with Crippen LogP contribution in [0.15, 0.2) is 11.4 Å². The molecule has 0 spiro atoms. The maximum absolute atomic E-state index is 10.6. The van der Waals surface area contributed by atoms with Gasteiger partial charge >= 0.3 is 5.00 Å². The first kappa shape index (κ1) is 10.2. The summed E-state index contributed by atoms with van der Waals surface area (Å²) in [6.45, 7) is 1.08. The molecule has 2 saturated carbocycles. The minimum absolute atomic E-state index is 0.274. The van der Waals surface area contributed by atoms with Crippen molar-refractivity contribution in [2.24, 2.45) is 5.92 Å². The topological polar surface area (TPSA) is 55.2 Å². The van der Waals surface area contributed by atoms with E-state index in [0.29, 0.717) is 11.8 Å². The van der Waals surface area contributed by atoms with Crippen molar-refractivity contribution in [1.29, 1.82) is 0 Å². The summed E-state index contributed by atoms with van der Waals surface area (Å²) in [5, 5.41) is 16.3. The van der Waals surface area contributed by atoms with Gasteiger partial charge in [-0.15, -0.1) is 0 Å². The third-order valence-corrected chi connectivity index (χ3v) is 4.28. The van der Waals surface area contributed by atoms with Gasteiger partial charge in [0, 0.05) is 17.5 Å². The number of hydrogen-bond acceptors (Lipinski definition) is 4. The van der Waals surface area contributed by atoms with Crippen LogP contribution in [0.3, 0.4) is 0 Å². The highest BCUT2D eigenvalue weighted by Crippen LogP contribution is 2.49. The Morgan fingerprint density at radius 3 is 3.00 bits per heavy atom. The molecular formula is C11H14N2O2S. The van der Waals surface area contributed by atoms with E-state index in [0.717, 1.165) is 12.6 Å². The van der Waals surface area contributed by atoms with Crippen molar-refractivity contribution in [2.45, 2.75) is 31.2 Å². The highest BCUT2D eigenvalue weighted by atomic mass is 32.1. The van der Waals surface area contributed by atoms with Crippen molar-refractivity contribution < 1.29 is 4.92 Å². The molecule has 86 valence electrons. The molecule has 0 saturated heterocycles. The van der Waals surface area contributed by atoms with E-state index in [2.05, 4.69) is 5.32 Å². The molecule has 3 rings (SSSR count). The third kappa shape index (κ3) is 2.10. The molecular weight excluding hydrogens is 224 g/mol. The molecule has 0 radical (unpaired) electrons. The lowest BCUT2D eigenvalue weighted by atomic mass is 10.2. The fourth-order valence-electron chi connectivity index (χ4n) is 2.12. The second-order valence-corrected chi connectivity index (χ2v) is 5.65. The van der Waals surface area contributed by atoms with Crippen molar-refractivity contribution in [1.82, 2.24) is 5.32 Å². The van der Waals surface area contributed by atoms with Gasteiger partial charge in [0.05, 0.1) is 4.92 Å². The van der Waals surface area contributed by atoms with Gasteiger partial charge in [-0.3, -0.25) is 10.1 Å². The van der Waals surface area contributed by atoms with Gasteiger partial charge < -0.3 is 5.32 Å². The van der Waals surface area contributed by atoms with Gasteiger partial charge in [0.2, 0.25) is 0 Å². The average Bonchev–Trinajstić information content (AvgIpc) is 3.15. The molecule has 2 aliphatic carbocycles. The zero-order valence-corrected chi connectivity index (χ0v) is 9.70. The van der Waals surface area contributed by atoms with Crippen LogP contribution in [0, 0.1) is 16.0 Å². The number of nitro groups is 1. The third-order valence-electron chi connectivity index (χ3n) is 3.38. The van der Waals surface area contributed by atoms with Crippen LogP contribution in [-0.2, 0) is 0 Å². The number of hydrogen-bond donors (Lipinski definition) is 1. The number of nitrogens with one attached hydrogen (secondary N) is 1. The van der Waals surface area contributed by atoms with E-state index >= 15 is 0 Å². The standard InChI is InChI=1S/C11H14N2O2S/c14-13(15)11-4-8(6-16-11)10-3-7(10)5-12-9-1-2-9/h4,6-7,9-10,12H,1-3,5H2. The first-order valence-electron chi connectivity index (χ1n) is 5.70.